The first kappa shape index (κ1) is 19.2. The first-order valence-corrected chi connectivity index (χ1v) is 8.73. The Morgan fingerprint density at radius 3 is 2.68 bits per heavy atom. The quantitative estimate of drug-likeness (QED) is 0.690. The number of hydrogen-bond donors (Lipinski definition) is 2. The van der Waals surface area contributed by atoms with Gasteiger partial charge in [0.05, 0.1) is 11.9 Å². The van der Waals surface area contributed by atoms with Crippen molar-refractivity contribution < 1.29 is 14.0 Å². The van der Waals surface area contributed by atoms with Gasteiger partial charge in [-0.2, -0.15) is 0 Å². The minimum absolute atomic E-state index is 0.0835. The Bertz CT molecular complexity index is 993. The maximum absolute atomic E-state index is 14.1. The summed E-state index contributed by atoms with van der Waals surface area (Å²) in [4.78, 5) is 32.3. The van der Waals surface area contributed by atoms with Gasteiger partial charge in [-0.3, -0.25) is 19.6 Å². The van der Waals surface area contributed by atoms with Gasteiger partial charge in [-0.25, -0.2) is 4.39 Å². The van der Waals surface area contributed by atoms with Crippen molar-refractivity contribution in [2.45, 2.75) is 12.8 Å². The van der Waals surface area contributed by atoms with Gasteiger partial charge in [-0.1, -0.05) is 18.2 Å². The minimum atomic E-state index is -0.541. The van der Waals surface area contributed by atoms with E-state index in [0.29, 0.717) is 29.8 Å². The lowest BCUT2D eigenvalue weighted by atomic mass is 10.1. The van der Waals surface area contributed by atoms with Gasteiger partial charge < -0.3 is 10.6 Å². The molecule has 1 heterocycles. The molecule has 0 fully saturated rings. The SMILES string of the molecule is CNC(=O)CCc1ccccc1NC(=O)c1cc(F)cc(-c2cnccn2)c1. The van der Waals surface area contributed by atoms with E-state index in [4.69, 9.17) is 0 Å². The van der Waals surface area contributed by atoms with E-state index in [2.05, 4.69) is 20.6 Å². The van der Waals surface area contributed by atoms with Crippen LogP contribution in [0, 0.1) is 5.82 Å². The molecule has 0 spiro atoms. The summed E-state index contributed by atoms with van der Waals surface area (Å²) in [6.07, 6.45) is 5.31. The number of nitrogens with zero attached hydrogens (tertiary/aromatic N) is 2. The van der Waals surface area contributed by atoms with E-state index in [1.165, 1.54) is 30.7 Å². The molecule has 3 aromatic rings. The molecule has 2 aromatic carbocycles. The largest absolute Gasteiger partial charge is 0.359 e. The number of benzene rings is 2. The molecule has 0 aliphatic rings. The summed E-state index contributed by atoms with van der Waals surface area (Å²) in [5, 5.41) is 5.37. The van der Waals surface area contributed by atoms with E-state index < -0.39 is 11.7 Å². The van der Waals surface area contributed by atoms with Gasteiger partial charge in [0, 0.05) is 42.7 Å². The van der Waals surface area contributed by atoms with Gasteiger partial charge in [0.1, 0.15) is 5.82 Å². The molecule has 7 heteroatoms. The van der Waals surface area contributed by atoms with Gasteiger partial charge in [-0.05, 0) is 36.2 Å². The molecule has 142 valence electrons. The fourth-order valence-corrected chi connectivity index (χ4v) is 2.74. The minimum Gasteiger partial charge on any atom is -0.359 e. The Morgan fingerprint density at radius 2 is 1.93 bits per heavy atom. The topological polar surface area (TPSA) is 84.0 Å². The second-order valence-electron chi connectivity index (χ2n) is 6.10. The molecule has 6 nitrogen and oxygen atoms in total. The van der Waals surface area contributed by atoms with Crippen molar-refractivity contribution in [2.24, 2.45) is 0 Å². The van der Waals surface area contributed by atoms with Crippen molar-refractivity contribution >= 4 is 17.5 Å². The molecule has 3 rings (SSSR count). The van der Waals surface area contributed by atoms with Crippen LogP contribution in [-0.4, -0.2) is 28.8 Å². The summed E-state index contributed by atoms with van der Waals surface area (Å²) in [5.74, 6) is -1.07. The zero-order valence-corrected chi connectivity index (χ0v) is 15.3. The third kappa shape index (κ3) is 4.76. The van der Waals surface area contributed by atoms with E-state index in [1.807, 2.05) is 12.1 Å². The standard InChI is InChI=1S/C21H19FN4O2/c1-23-20(27)7-6-14-4-2-3-5-18(14)26-21(28)16-10-15(11-17(22)12-16)19-13-24-8-9-25-19/h2-5,8-13H,6-7H2,1H3,(H,23,27)(H,26,28). The molecule has 0 aliphatic heterocycles. The van der Waals surface area contributed by atoms with Gasteiger partial charge in [0.15, 0.2) is 0 Å². The van der Waals surface area contributed by atoms with Crippen molar-refractivity contribution in [1.82, 2.24) is 15.3 Å². The van der Waals surface area contributed by atoms with Crippen molar-refractivity contribution in [2.75, 3.05) is 12.4 Å². The van der Waals surface area contributed by atoms with Crippen molar-refractivity contribution in [3.8, 4) is 11.3 Å². The van der Waals surface area contributed by atoms with Crippen LogP contribution in [0.4, 0.5) is 10.1 Å². The second-order valence-corrected chi connectivity index (χ2v) is 6.10. The maximum atomic E-state index is 14.1. The lowest BCUT2D eigenvalue weighted by Crippen LogP contribution is -2.19. The highest BCUT2D eigenvalue weighted by molar-refractivity contribution is 6.05. The molecule has 0 aliphatic carbocycles. The number of para-hydroxylation sites is 1. The van der Waals surface area contributed by atoms with E-state index in [0.717, 1.165) is 5.56 Å². The summed E-state index contributed by atoms with van der Waals surface area (Å²) < 4.78 is 14.1. The van der Waals surface area contributed by atoms with Crippen molar-refractivity contribution in [3.63, 3.8) is 0 Å². The number of hydrogen-bond acceptors (Lipinski definition) is 4. The third-order valence-corrected chi connectivity index (χ3v) is 4.18. The zero-order valence-electron chi connectivity index (χ0n) is 15.3. The molecule has 1 aromatic heterocycles. The third-order valence-electron chi connectivity index (χ3n) is 4.18. The van der Waals surface area contributed by atoms with Crippen LogP contribution >= 0.6 is 0 Å². The molecular weight excluding hydrogens is 359 g/mol. The number of aromatic nitrogens is 2. The Hall–Kier alpha value is -3.61. The first-order valence-electron chi connectivity index (χ1n) is 8.73. The Labute approximate surface area is 161 Å². The van der Waals surface area contributed by atoms with Crippen LogP contribution in [0.25, 0.3) is 11.3 Å². The predicted molar refractivity (Wildman–Crippen MR) is 104 cm³/mol. The number of nitrogens with one attached hydrogen (secondary N) is 2. The Morgan fingerprint density at radius 1 is 1.11 bits per heavy atom. The average Bonchev–Trinajstić information content (AvgIpc) is 2.73. The van der Waals surface area contributed by atoms with Crippen LogP contribution in [0.2, 0.25) is 0 Å². The van der Waals surface area contributed by atoms with E-state index >= 15 is 0 Å². The molecular formula is C21H19FN4O2. The van der Waals surface area contributed by atoms with Crippen LogP contribution in [0.5, 0.6) is 0 Å². The Kier molecular flexibility index (Phi) is 6.06. The predicted octanol–water partition coefficient (Wildman–Crippen LogP) is 3.21. The smallest absolute Gasteiger partial charge is 0.255 e. The average molecular weight is 378 g/mol. The lowest BCUT2D eigenvalue weighted by Gasteiger charge is -2.12. The van der Waals surface area contributed by atoms with Gasteiger partial charge >= 0.3 is 0 Å². The second kappa shape index (κ2) is 8.85. The van der Waals surface area contributed by atoms with E-state index in [1.54, 1.807) is 25.2 Å². The lowest BCUT2D eigenvalue weighted by molar-refractivity contribution is -0.120. The molecule has 28 heavy (non-hydrogen) atoms. The molecule has 0 saturated carbocycles. The highest BCUT2D eigenvalue weighted by Crippen LogP contribution is 2.22. The maximum Gasteiger partial charge on any atom is 0.255 e. The number of aryl methyl sites for hydroxylation is 1. The van der Waals surface area contributed by atoms with Crippen LogP contribution in [0.1, 0.15) is 22.3 Å². The summed E-state index contributed by atoms with van der Waals surface area (Å²) in [7, 11) is 1.58. The van der Waals surface area contributed by atoms with Crippen molar-refractivity contribution in [1.29, 1.82) is 0 Å². The normalized spacial score (nSPS) is 10.4. The van der Waals surface area contributed by atoms with Crippen LogP contribution < -0.4 is 10.6 Å². The monoisotopic (exact) mass is 378 g/mol. The van der Waals surface area contributed by atoms with Crippen LogP contribution in [0.3, 0.4) is 0 Å². The number of carbonyl (C=O) groups excluding carboxylic acids is 2. The molecule has 2 N–H and O–H groups in total. The van der Waals surface area contributed by atoms with Gasteiger partial charge in [0.25, 0.3) is 5.91 Å². The number of anilines is 1. The van der Waals surface area contributed by atoms with Crippen LogP contribution in [-0.2, 0) is 11.2 Å². The summed E-state index contributed by atoms with van der Waals surface area (Å²) >= 11 is 0. The number of amides is 2. The highest BCUT2D eigenvalue weighted by atomic mass is 19.1. The first-order chi connectivity index (χ1) is 13.6. The fourth-order valence-electron chi connectivity index (χ4n) is 2.74. The fraction of sp³-hybridized carbons (Fsp3) is 0.143. The molecule has 0 radical (unpaired) electrons. The zero-order chi connectivity index (χ0) is 19.9. The molecule has 0 unspecified atom stereocenters. The number of halogens is 1. The molecule has 0 atom stereocenters. The van der Waals surface area contributed by atoms with E-state index in [-0.39, 0.29) is 11.5 Å². The van der Waals surface area contributed by atoms with E-state index in [9.17, 15) is 14.0 Å². The summed E-state index contributed by atoms with van der Waals surface area (Å²) in [5.41, 5.74) is 2.52. The molecule has 0 saturated heterocycles. The molecule has 2 amide bonds. The number of carbonyl (C=O) groups is 2. The van der Waals surface area contributed by atoms with Crippen molar-refractivity contribution in [3.05, 3.63) is 78.0 Å². The van der Waals surface area contributed by atoms with Crippen LogP contribution in [0.15, 0.2) is 61.1 Å². The number of rotatable bonds is 6. The Balaban J connectivity index is 1.82. The highest BCUT2D eigenvalue weighted by Gasteiger charge is 2.13. The summed E-state index contributed by atoms with van der Waals surface area (Å²) in [6.45, 7) is 0. The van der Waals surface area contributed by atoms with Gasteiger partial charge in [0.2, 0.25) is 5.91 Å². The van der Waals surface area contributed by atoms with Gasteiger partial charge in [-0.15, -0.1) is 0 Å². The molecule has 0 bridgehead atoms. The summed E-state index contributed by atoms with van der Waals surface area (Å²) in [6, 6.07) is 11.3.